The lowest BCUT2D eigenvalue weighted by Crippen LogP contribution is -2.29. The number of benzene rings is 2. The van der Waals surface area contributed by atoms with E-state index in [9.17, 15) is 9.59 Å². The number of ether oxygens (including phenoxy) is 4. The summed E-state index contributed by atoms with van der Waals surface area (Å²) in [5.74, 6) is 0.887. The van der Waals surface area contributed by atoms with Crippen LogP contribution in [0.5, 0.6) is 17.2 Å². The van der Waals surface area contributed by atoms with Gasteiger partial charge < -0.3 is 24.3 Å². The topological polar surface area (TPSA) is 83.1 Å². The van der Waals surface area contributed by atoms with E-state index in [2.05, 4.69) is 5.32 Å². The molecule has 0 aliphatic carbocycles. The maximum Gasteiger partial charge on any atom is 0.344 e. The molecule has 0 aromatic heterocycles. The fraction of sp³-hybridized carbons (Fsp3) is 0.222. The molecule has 130 valence electrons. The lowest BCUT2D eigenvalue weighted by molar-refractivity contribution is -0.150. The van der Waals surface area contributed by atoms with Crippen molar-refractivity contribution in [2.24, 2.45) is 0 Å². The van der Waals surface area contributed by atoms with Crippen molar-refractivity contribution in [2.45, 2.75) is 6.54 Å². The molecular weight excluding hydrogens is 326 g/mol. The van der Waals surface area contributed by atoms with Gasteiger partial charge in [-0.25, -0.2) is 4.79 Å². The Morgan fingerprint density at radius 3 is 2.64 bits per heavy atom. The summed E-state index contributed by atoms with van der Waals surface area (Å²) in [6.07, 6.45) is 0. The van der Waals surface area contributed by atoms with Crippen LogP contribution in [0, 0.1) is 0 Å². The molecular formula is C18H17NO6. The van der Waals surface area contributed by atoms with Gasteiger partial charge in [-0.05, 0) is 29.8 Å². The number of carbonyl (C=O) groups is 2. The molecule has 0 spiro atoms. The van der Waals surface area contributed by atoms with Crippen molar-refractivity contribution in [3.05, 3.63) is 54.1 Å². The molecule has 1 aliphatic heterocycles. The van der Waals surface area contributed by atoms with E-state index in [1.807, 2.05) is 12.1 Å². The highest BCUT2D eigenvalue weighted by Crippen LogP contribution is 2.32. The zero-order chi connectivity index (χ0) is 17.5. The largest absolute Gasteiger partial charge is 0.482 e. The third-order valence-electron chi connectivity index (χ3n) is 3.39. The summed E-state index contributed by atoms with van der Waals surface area (Å²) >= 11 is 0. The van der Waals surface area contributed by atoms with Gasteiger partial charge in [-0.1, -0.05) is 24.3 Å². The van der Waals surface area contributed by atoms with Crippen LogP contribution in [0.1, 0.15) is 5.56 Å². The minimum absolute atomic E-state index is 0.201. The number of fused-ring (bicyclic) bond motifs is 1. The number of nitrogens with one attached hydrogen (secondary N) is 1. The SMILES string of the molecule is O=C(COC(=O)COc1ccccc1)NCc1ccc2c(c1)OCO2. The maximum atomic E-state index is 11.7. The Balaban J connectivity index is 1.35. The number of amides is 1. The minimum atomic E-state index is -0.609. The average molecular weight is 343 g/mol. The lowest BCUT2D eigenvalue weighted by Gasteiger charge is -2.08. The first-order valence-corrected chi connectivity index (χ1v) is 7.69. The van der Waals surface area contributed by atoms with E-state index in [1.54, 1.807) is 36.4 Å². The summed E-state index contributed by atoms with van der Waals surface area (Å²) in [5.41, 5.74) is 0.858. The quantitative estimate of drug-likeness (QED) is 0.770. The van der Waals surface area contributed by atoms with Crippen molar-refractivity contribution in [1.82, 2.24) is 5.32 Å². The van der Waals surface area contributed by atoms with Crippen LogP contribution in [-0.2, 0) is 20.9 Å². The van der Waals surface area contributed by atoms with E-state index in [1.165, 1.54) is 0 Å². The summed E-state index contributed by atoms with van der Waals surface area (Å²) in [5, 5.41) is 2.67. The average Bonchev–Trinajstić information content (AvgIpc) is 3.11. The molecule has 1 aliphatic rings. The normalized spacial score (nSPS) is 11.7. The smallest absolute Gasteiger partial charge is 0.344 e. The molecule has 1 amide bonds. The molecule has 7 nitrogen and oxygen atoms in total. The van der Waals surface area contributed by atoms with Crippen LogP contribution in [0.3, 0.4) is 0 Å². The number of carbonyl (C=O) groups excluding carboxylic acids is 2. The third-order valence-corrected chi connectivity index (χ3v) is 3.39. The van der Waals surface area contributed by atoms with Crippen LogP contribution < -0.4 is 19.5 Å². The van der Waals surface area contributed by atoms with Gasteiger partial charge in [0.2, 0.25) is 6.79 Å². The van der Waals surface area contributed by atoms with Crippen molar-refractivity contribution >= 4 is 11.9 Å². The number of rotatable bonds is 7. The Morgan fingerprint density at radius 2 is 1.80 bits per heavy atom. The van der Waals surface area contributed by atoms with Crippen molar-refractivity contribution in [1.29, 1.82) is 0 Å². The van der Waals surface area contributed by atoms with Gasteiger partial charge in [0.25, 0.3) is 5.91 Å². The summed E-state index contributed by atoms with van der Waals surface area (Å²) in [7, 11) is 0. The highest BCUT2D eigenvalue weighted by atomic mass is 16.7. The fourth-order valence-corrected chi connectivity index (χ4v) is 2.15. The van der Waals surface area contributed by atoms with E-state index >= 15 is 0 Å². The Bertz CT molecular complexity index is 746. The summed E-state index contributed by atoms with van der Waals surface area (Å²) in [4.78, 5) is 23.3. The molecule has 0 radical (unpaired) electrons. The predicted octanol–water partition coefficient (Wildman–Crippen LogP) is 1.65. The number of esters is 1. The first kappa shape index (κ1) is 16.6. The number of para-hydroxylation sites is 1. The Morgan fingerprint density at radius 1 is 1.00 bits per heavy atom. The first-order valence-electron chi connectivity index (χ1n) is 7.69. The molecule has 7 heteroatoms. The lowest BCUT2D eigenvalue weighted by atomic mass is 10.2. The van der Waals surface area contributed by atoms with E-state index in [4.69, 9.17) is 18.9 Å². The van der Waals surface area contributed by atoms with Gasteiger partial charge in [0.15, 0.2) is 24.7 Å². The Labute approximate surface area is 144 Å². The predicted molar refractivity (Wildman–Crippen MR) is 87.3 cm³/mol. The van der Waals surface area contributed by atoms with Crippen LogP contribution in [-0.4, -0.2) is 31.9 Å². The molecule has 0 bridgehead atoms. The minimum Gasteiger partial charge on any atom is -0.482 e. The fourth-order valence-electron chi connectivity index (χ4n) is 2.15. The second-order valence-electron chi connectivity index (χ2n) is 5.23. The summed E-state index contributed by atoms with van der Waals surface area (Å²) in [6.45, 7) is -0.110. The van der Waals surface area contributed by atoms with Gasteiger partial charge >= 0.3 is 5.97 Å². The van der Waals surface area contributed by atoms with Gasteiger partial charge in [0.1, 0.15) is 5.75 Å². The van der Waals surface area contributed by atoms with Gasteiger partial charge in [-0.15, -0.1) is 0 Å². The Hall–Kier alpha value is -3.22. The molecule has 3 rings (SSSR count). The van der Waals surface area contributed by atoms with Crippen molar-refractivity contribution < 1.29 is 28.5 Å². The number of hydrogen-bond acceptors (Lipinski definition) is 6. The first-order chi connectivity index (χ1) is 12.2. The van der Waals surface area contributed by atoms with Crippen LogP contribution in [0.15, 0.2) is 48.5 Å². The standard InChI is InChI=1S/C18H17NO6/c20-17(10-23-18(21)11-22-14-4-2-1-3-5-14)19-9-13-6-7-15-16(8-13)25-12-24-15/h1-8H,9-12H2,(H,19,20). The molecule has 0 saturated carbocycles. The molecule has 0 atom stereocenters. The highest BCUT2D eigenvalue weighted by molar-refractivity contribution is 5.80. The van der Waals surface area contributed by atoms with E-state index in [0.29, 0.717) is 23.8 Å². The third kappa shape index (κ3) is 4.87. The van der Waals surface area contributed by atoms with E-state index in [-0.39, 0.29) is 20.0 Å². The molecule has 1 heterocycles. The molecule has 0 unspecified atom stereocenters. The second kappa shape index (κ2) is 8.05. The van der Waals surface area contributed by atoms with E-state index < -0.39 is 11.9 Å². The van der Waals surface area contributed by atoms with E-state index in [0.717, 1.165) is 5.56 Å². The molecule has 25 heavy (non-hydrogen) atoms. The Kier molecular flexibility index (Phi) is 5.36. The van der Waals surface area contributed by atoms with Crippen LogP contribution in [0.25, 0.3) is 0 Å². The van der Waals surface area contributed by atoms with Gasteiger partial charge in [-0.3, -0.25) is 4.79 Å². The van der Waals surface area contributed by atoms with Crippen molar-refractivity contribution in [2.75, 3.05) is 20.0 Å². The maximum absolute atomic E-state index is 11.7. The monoisotopic (exact) mass is 343 g/mol. The van der Waals surface area contributed by atoms with Crippen molar-refractivity contribution in [3.63, 3.8) is 0 Å². The zero-order valence-electron chi connectivity index (χ0n) is 13.4. The van der Waals surface area contributed by atoms with Crippen LogP contribution in [0.2, 0.25) is 0 Å². The molecule has 1 N–H and O–H groups in total. The zero-order valence-corrected chi connectivity index (χ0v) is 13.4. The van der Waals surface area contributed by atoms with Crippen molar-refractivity contribution in [3.8, 4) is 17.2 Å². The van der Waals surface area contributed by atoms with Crippen LogP contribution in [0.4, 0.5) is 0 Å². The summed E-state index contributed by atoms with van der Waals surface area (Å²) in [6, 6.07) is 14.3. The highest BCUT2D eigenvalue weighted by Gasteiger charge is 2.14. The van der Waals surface area contributed by atoms with Gasteiger partial charge in [0.05, 0.1) is 0 Å². The summed E-state index contributed by atoms with van der Waals surface area (Å²) < 4.78 is 20.6. The molecule has 0 saturated heterocycles. The van der Waals surface area contributed by atoms with Gasteiger partial charge in [-0.2, -0.15) is 0 Å². The van der Waals surface area contributed by atoms with Crippen LogP contribution >= 0.6 is 0 Å². The number of hydrogen-bond donors (Lipinski definition) is 1. The molecule has 2 aromatic rings. The van der Waals surface area contributed by atoms with Gasteiger partial charge in [0, 0.05) is 6.54 Å². The second-order valence-corrected chi connectivity index (χ2v) is 5.23. The molecule has 2 aromatic carbocycles. The molecule has 0 fully saturated rings.